The fourth-order valence-electron chi connectivity index (χ4n) is 1.85. The van der Waals surface area contributed by atoms with Crippen LogP contribution < -0.4 is 10.1 Å². The highest BCUT2D eigenvalue weighted by molar-refractivity contribution is 5.89. The van der Waals surface area contributed by atoms with Gasteiger partial charge in [0, 0.05) is 31.5 Å². The fraction of sp³-hybridized carbons (Fsp3) is 0.462. The van der Waals surface area contributed by atoms with Crippen molar-refractivity contribution in [1.29, 1.82) is 0 Å². The van der Waals surface area contributed by atoms with Crippen LogP contribution in [-0.2, 0) is 4.74 Å². The number of anilines is 1. The maximum absolute atomic E-state index is 12.0. The Morgan fingerprint density at radius 1 is 1.39 bits per heavy atom. The molecule has 1 N–H and O–H groups in total. The van der Waals surface area contributed by atoms with Crippen LogP contribution in [0.15, 0.2) is 24.3 Å². The number of carbonyl (C=O) groups excluding carboxylic acids is 1. The molecule has 0 aromatic heterocycles. The summed E-state index contributed by atoms with van der Waals surface area (Å²) >= 11 is 0. The molecule has 0 aliphatic carbocycles. The second-order valence-corrected chi connectivity index (χ2v) is 4.12. The number of hydrogen-bond acceptors (Lipinski definition) is 3. The van der Waals surface area contributed by atoms with Gasteiger partial charge in [-0.2, -0.15) is 0 Å². The van der Waals surface area contributed by atoms with Crippen LogP contribution in [-0.4, -0.2) is 44.3 Å². The van der Waals surface area contributed by atoms with E-state index in [0.717, 1.165) is 31.0 Å². The number of hydrogen-bond donors (Lipinski definition) is 1. The third-order valence-corrected chi connectivity index (χ3v) is 2.83. The van der Waals surface area contributed by atoms with Gasteiger partial charge < -0.3 is 19.7 Å². The van der Waals surface area contributed by atoms with E-state index in [-0.39, 0.29) is 6.03 Å². The van der Waals surface area contributed by atoms with E-state index in [2.05, 4.69) is 5.32 Å². The Labute approximate surface area is 107 Å². The van der Waals surface area contributed by atoms with Crippen LogP contribution in [0.3, 0.4) is 0 Å². The minimum Gasteiger partial charge on any atom is -0.497 e. The predicted octanol–water partition coefficient (Wildman–Crippen LogP) is 1.95. The van der Waals surface area contributed by atoms with Gasteiger partial charge in [0.25, 0.3) is 0 Å². The van der Waals surface area contributed by atoms with Crippen LogP contribution >= 0.6 is 0 Å². The van der Waals surface area contributed by atoms with E-state index in [4.69, 9.17) is 9.47 Å². The molecule has 98 valence electrons. The topological polar surface area (TPSA) is 50.8 Å². The molecule has 1 aromatic carbocycles. The summed E-state index contributed by atoms with van der Waals surface area (Å²) in [5, 5.41) is 2.87. The van der Waals surface area contributed by atoms with Crippen molar-refractivity contribution < 1.29 is 14.3 Å². The molecule has 0 atom stereocenters. The van der Waals surface area contributed by atoms with E-state index in [1.807, 2.05) is 18.2 Å². The van der Waals surface area contributed by atoms with Crippen molar-refractivity contribution in [1.82, 2.24) is 4.90 Å². The normalized spacial score (nSPS) is 15.9. The molecule has 1 aliphatic heterocycles. The van der Waals surface area contributed by atoms with Crippen molar-refractivity contribution in [3.8, 4) is 5.75 Å². The molecular weight excluding hydrogens is 232 g/mol. The predicted molar refractivity (Wildman–Crippen MR) is 69.0 cm³/mol. The quantitative estimate of drug-likeness (QED) is 0.872. The highest BCUT2D eigenvalue weighted by Gasteiger charge is 2.15. The summed E-state index contributed by atoms with van der Waals surface area (Å²) in [6.45, 7) is 2.69. The molecule has 0 bridgehead atoms. The molecule has 18 heavy (non-hydrogen) atoms. The fourth-order valence-corrected chi connectivity index (χ4v) is 1.85. The molecule has 5 nitrogen and oxygen atoms in total. The lowest BCUT2D eigenvalue weighted by Gasteiger charge is -2.20. The number of carbonyl (C=O) groups is 1. The number of ether oxygens (including phenoxy) is 2. The lowest BCUT2D eigenvalue weighted by molar-refractivity contribution is 0.144. The van der Waals surface area contributed by atoms with Gasteiger partial charge in [-0.25, -0.2) is 4.79 Å². The third-order valence-electron chi connectivity index (χ3n) is 2.83. The van der Waals surface area contributed by atoms with Gasteiger partial charge in [0.2, 0.25) is 0 Å². The smallest absolute Gasteiger partial charge is 0.321 e. The van der Waals surface area contributed by atoms with E-state index in [9.17, 15) is 4.79 Å². The summed E-state index contributed by atoms with van der Waals surface area (Å²) in [6.07, 6.45) is 0.880. The lowest BCUT2D eigenvalue weighted by Crippen LogP contribution is -2.36. The minimum atomic E-state index is -0.0891. The Morgan fingerprint density at radius 3 is 3.11 bits per heavy atom. The first kappa shape index (κ1) is 12.7. The van der Waals surface area contributed by atoms with Crippen molar-refractivity contribution in [2.75, 3.05) is 38.7 Å². The van der Waals surface area contributed by atoms with Crippen molar-refractivity contribution in [3.05, 3.63) is 24.3 Å². The zero-order chi connectivity index (χ0) is 12.8. The van der Waals surface area contributed by atoms with Gasteiger partial charge in [-0.3, -0.25) is 0 Å². The number of benzene rings is 1. The number of methoxy groups -OCH3 is 1. The molecule has 0 spiro atoms. The summed E-state index contributed by atoms with van der Waals surface area (Å²) in [4.78, 5) is 13.8. The SMILES string of the molecule is COc1cccc(NC(=O)N2CCCOCC2)c1. The second kappa shape index (κ2) is 6.26. The maximum atomic E-state index is 12.0. The standard InChI is InChI=1S/C13H18N2O3/c1-17-12-5-2-4-11(10-12)14-13(16)15-6-3-8-18-9-7-15/h2,4-5,10H,3,6-9H2,1H3,(H,14,16). The molecule has 0 saturated carbocycles. The highest BCUT2D eigenvalue weighted by atomic mass is 16.5. The summed E-state index contributed by atoms with van der Waals surface area (Å²) in [7, 11) is 1.60. The number of nitrogens with zero attached hydrogens (tertiary/aromatic N) is 1. The van der Waals surface area contributed by atoms with E-state index < -0.39 is 0 Å². The zero-order valence-corrected chi connectivity index (χ0v) is 10.5. The number of amides is 2. The average molecular weight is 250 g/mol. The van der Waals surface area contributed by atoms with E-state index in [1.54, 1.807) is 18.1 Å². The van der Waals surface area contributed by atoms with Crippen LogP contribution in [0.4, 0.5) is 10.5 Å². The van der Waals surface area contributed by atoms with Crippen molar-refractivity contribution >= 4 is 11.7 Å². The Bertz CT molecular complexity index is 401. The molecule has 2 amide bonds. The molecule has 2 rings (SSSR count). The van der Waals surface area contributed by atoms with E-state index >= 15 is 0 Å². The average Bonchev–Trinajstić information content (AvgIpc) is 2.68. The first-order chi connectivity index (χ1) is 8.79. The number of rotatable bonds is 2. The van der Waals surface area contributed by atoms with Crippen molar-refractivity contribution in [3.63, 3.8) is 0 Å². The first-order valence-corrected chi connectivity index (χ1v) is 6.07. The lowest BCUT2D eigenvalue weighted by atomic mass is 10.3. The Balaban J connectivity index is 1.96. The van der Waals surface area contributed by atoms with Gasteiger partial charge >= 0.3 is 6.03 Å². The van der Waals surface area contributed by atoms with Gasteiger partial charge in [0.1, 0.15) is 5.75 Å². The third kappa shape index (κ3) is 3.37. The summed E-state index contributed by atoms with van der Waals surface area (Å²) in [6, 6.07) is 7.24. The molecule has 5 heteroatoms. The molecular formula is C13H18N2O3. The number of urea groups is 1. The van der Waals surface area contributed by atoms with Crippen LogP contribution in [0.1, 0.15) is 6.42 Å². The van der Waals surface area contributed by atoms with Crippen LogP contribution in [0, 0.1) is 0 Å². The molecule has 1 saturated heterocycles. The van der Waals surface area contributed by atoms with Crippen LogP contribution in [0.5, 0.6) is 5.75 Å². The summed E-state index contributed by atoms with van der Waals surface area (Å²) in [5.74, 6) is 0.729. The van der Waals surface area contributed by atoms with E-state index in [1.165, 1.54) is 0 Å². The molecule has 1 heterocycles. The Morgan fingerprint density at radius 2 is 2.28 bits per heavy atom. The van der Waals surface area contributed by atoms with Gasteiger partial charge in [-0.1, -0.05) is 6.07 Å². The summed E-state index contributed by atoms with van der Waals surface area (Å²) < 4.78 is 10.4. The van der Waals surface area contributed by atoms with Crippen LogP contribution in [0.25, 0.3) is 0 Å². The van der Waals surface area contributed by atoms with Gasteiger partial charge in [0.05, 0.1) is 13.7 Å². The van der Waals surface area contributed by atoms with Crippen LogP contribution in [0.2, 0.25) is 0 Å². The molecule has 0 radical (unpaired) electrons. The maximum Gasteiger partial charge on any atom is 0.321 e. The van der Waals surface area contributed by atoms with Crippen molar-refractivity contribution in [2.45, 2.75) is 6.42 Å². The van der Waals surface area contributed by atoms with Gasteiger partial charge in [-0.05, 0) is 18.6 Å². The molecule has 1 fully saturated rings. The molecule has 0 unspecified atom stereocenters. The van der Waals surface area contributed by atoms with Gasteiger partial charge in [0.15, 0.2) is 0 Å². The highest BCUT2D eigenvalue weighted by Crippen LogP contribution is 2.17. The molecule has 1 aromatic rings. The second-order valence-electron chi connectivity index (χ2n) is 4.12. The van der Waals surface area contributed by atoms with Crippen molar-refractivity contribution in [2.24, 2.45) is 0 Å². The minimum absolute atomic E-state index is 0.0891. The number of nitrogens with one attached hydrogen (secondary N) is 1. The molecule has 1 aliphatic rings. The Kier molecular flexibility index (Phi) is 4.41. The van der Waals surface area contributed by atoms with E-state index in [0.29, 0.717) is 13.2 Å². The first-order valence-electron chi connectivity index (χ1n) is 6.07. The summed E-state index contributed by atoms with van der Waals surface area (Å²) in [5.41, 5.74) is 0.740. The van der Waals surface area contributed by atoms with Gasteiger partial charge in [-0.15, -0.1) is 0 Å². The zero-order valence-electron chi connectivity index (χ0n) is 10.5. The largest absolute Gasteiger partial charge is 0.497 e. The Hall–Kier alpha value is -1.75. The monoisotopic (exact) mass is 250 g/mol.